The van der Waals surface area contributed by atoms with Gasteiger partial charge in [0.1, 0.15) is 0 Å². The number of alkyl halides is 3. The second-order valence-corrected chi connectivity index (χ2v) is 4.48. The Hall–Kier alpha value is -1.38. The summed E-state index contributed by atoms with van der Waals surface area (Å²) in [5, 5.41) is 11.4. The van der Waals surface area contributed by atoms with Gasteiger partial charge in [0.25, 0.3) is 0 Å². The monoisotopic (exact) mass is 283 g/mol. The number of carbonyl (C=O) groups is 1. The van der Waals surface area contributed by atoms with E-state index in [1.165, 1.54) is 0 Å². The van der Waals surface area contributed by atoms with Gasteiger partial charge in [0.05, 0.1) is 5.92 Å². The lowest BCUT2D eigenvalue weighted by molar-refractivity contribution is -0.144. The number of aliphatic carboxylic acids is 1. The van der Waals surface area contributed by atoms with E-state index in [9.17, 15) is 18.0 Å². The molecule has 0 bridgehead atoms. The Morgan fingerprint density at radius 2 is 2.22 bits per heavy atom. The molecule has 0 aliphatic heterocycles. The third-order valence-corrected chi connectivity index (χ3v) is 2.86. The normalized spacial score (nSPS) is 13.3. The van der Waals surface area contributed by atoms with Crippen LogP contribution in [-0.2, 0) is 11.0 Å². The van der Waals surface area contributed by atoms with Crippen LogP contribution in [0, 0.1) is 5.92 Å². The molecule has 0 aromatic carbocycles. The lowest BCUT2D eigenvalue weighted by Gasteiger charge is -2.05. The zero-order chi connectivity index (χ0) is 13.8. The summed E-state index contributed by atoms with van der Waals surface area (Å²) < 4.78 is 39.7. The molecule has 0 aliphatic carbocycles. The third kappa shape index (κ3) is 4.47. The van der Waals surface area contributed by atoms with E-state index >= 15 is 0 Å². The zero-order valence-electron chi connectivity index (χ0n) is 9.49. The summed E-state index contributed by atoms with van der Waals surface area (Å²) in [5.41, 5.74) is 0. The number of hydrogen-bond acceptors (Lipinski definition) is 5. The van der Waals surface area contributed by atoms with Gasteiger partial charge in [-0.3, -0.25) is 4.79 Å². The minimum Gasteiger partial charge on any atom is -0.481 e. The SMILES string of the molecule is CC(CCCNc1nc(C(F)(F)F)ns1)C(=O)O. The van der Waals surface area contributed by atoms with Gasteiger partial charge >= 0.3 is 12.1 Å². The van der Waals surface area contributed by atoms with E-state index < -0.39 is 23.9 Å². The molecule has 5 nitrogen and oxygen atoms in total. The molecule has 9 heteroatoms. The Kier molecular flexibility index (Phi) is 4.88. The molecule has 1 aromatic heterocycles. The van der Waals surface area contributed by atoms with Gasteiger partial charge in [-0.1, -0.05) is 6.92 Å². The highest BCUT2D eigenvalue weighted by molar-refractivity contribution is 7.09. The molecular formula is C9H12F3N3O2S. The predicted molar refractivity (Wildman–Crippen MR) is 59.4 cm³/mol. The maximum absolute atomic E-state index is 12.2. The Morgan fingerprint density at radius 1 is 1.56 bits per heavy atom. The second kappa shape index (κ2) is 5.98. The van der Waals surface area contributed by atoms with E-state index in [4.69, 9.17) is 5.11 Å². The number of rotatable bonds is 6. The first-order valence-corrected chi connectivity index (χ1v) is 5.95. The number of hydrogen-bond donors (Lipinski definition) is 2. The lowest BCUT2D eigenvalue weighted by atomic mass is 10.1. The van der Waals surface area contributed by atoms with Crippen molar-refractivity contribution in [2.24, 2.45) is 5.92 Å². The summed E-state index contributed by atoms with van der Waals surface area (Å²) >= 11 is 0.633. The first-order chi connectivity index (χ1) is 8.30. The van der Waals surface area contributed by atoms with Crippen LogP contribution in [0.15, 0.2) is 0 Å². The van der Waals surface area contributed by atoms with Crippen molar-refractivity contribution in [2.75, 3.05) is 11.9 Å². The molecule has 2 N–H and O–H groups in total. The van der Waals surface area contributed by atoms with Crippen LogP contribution in [0.3, 0.4) is 0 Å². The van der Waals surface area contributed by atoms with E-state index in [1.807, 2.05) is 0 Å². The van der Waals surface area contributed by atoms with Gasteiger partial charge < -0.3 is 10.4 Å². The Labute approximate surface area is 105 Å². The van der Waals surface area contributed by atoms with Gasteiger partial charge in [-0.25, -0.2) is 0 Å². The first kappa shape index (κ1) is 14.7. The van der Waals surface area contributed by atoms with E-state index in [2.05, 4.69) is 14.7 Å². The van der Waals surface area contributed by atoms with Gasteiger partial charge in [-0.15, -0.1) is 0 Å². The summed E-state index contributed by atoms with van der Waals surface area (Å²) in [7, 11) is 0. The highest BCUT2D eigenvalue weighted by Gasteiger charge is 2.36. The number of halogens is 3. The molecule has 0 spiro atoms. The molecule has 102 valence electrons. The summed E-state index contributed by atoms with van der Waals surface area (Å²) in [4.78, 5) is 13.8. The quantitative estimate of drug-likeness (QED) is 0.784. The molecule has 0 radical (unpaired) electrons. The Bertz CT molecular complexity index is 408. The summed E-state index contributed by atoms with van der Waals surface area (Å²) in [6, 6.07) is 0. The van der Waals surface area contributed by atoms with Gasteiger partial charge in [0, 0.05) is 18.1 Å². The molecule has 18 heavy (non-hydrogen) atoms. The molecule has 1 heterocycles. The van der Waals surface area contributed by atoms with Crippen molar-refractivity contribution in [2.45, 2.75) is 25.9 Å². The van der Waals surface area contributed by atoms with Gasteiger partial charge in [-0.2, -0.15) is 22.5 Å². The van der Waals surface area contributed by atoms with E-state index in [-0.39, 0.29) is 5.13 Å². The van der Waals surface area contributed by atoms with Crippen molar-refractivity contribution >= 4 is 22.6 Å². The lowest BCUT2D eigenvalue weighted by Crippen LogP contribution is -2.12. The van der Waals surface area contributed by atoms with Crippen LogP contribution >= 0.6 is 11.5 Å². The van der Waals surface area contributed by atoms with Crippen LogP contribution in [0.2, 0.25) is 0 Å². The van der Waals surface area contributed by atoms with E-state index in [0.717, 1.165) is 0 Å². The van der Waals surface area contributed by atoms with Crippen LogP contribution in [0.1, 0.15) is 25.6 Å². The zero-order valence-corrected chi connectivity index (χ0v) is 10.3. The number of carboxylic acids is 1. The molecular weight excluding hydrogens is 271 g/mol. The highest BCUT2D eigenvalue weighted by atomic mass is 32.1. The van der Waals surface area contributed by atoms with Crippen LogP contribution in [0.5, 0.6) is 0 Å². The average Bonchev–Trinajstić information content (AvgIpc) is 2.72. The Morgan fingerprint density at radius 3 is 2.72 bits per heavy atom. The molecule has 0 saturated carbocycles. The summed E-state index contributed by atoms with van der Waals surface area (Å²) in [5.74, 6) is -2.51. The van der Waals surface area contributed by atoms with Crippen molar-refractivity contribution in [3.63, 3.8) is 0 Å². The fourth-order valence-electron chi connectivity index (χ4n) is 1.14. The molecule has 1 unspecified atom stereocenters. The summed E-state index contributed by atoms with van der Waals surface area (Å²) in [6.45, 7) is 1.94. The van der Waals surface area contributed by atoms with Crippen molar-refractivity contribution in [3.05, 3.63) is 5.82 Å². The van der Waals surface area contributed by atoms with E-state index in [1.54, 1.807) is 6.92 Å². The standard InChI is InChI=1S/C9H12F3N3O2S/c1-5(6(16)17)3-2-4-13-8-14-7(15-18-8)9(10,11)12/h5H,2-4H2,1H3,(H,16,17)(H,13,14,15). The van der Waals surface area contributed by atoms with Crippen LogP contribution in [-0.4, -0.2) is 27.0 Å². The van der Waals surface area contributed by atoms with Crippen LogP contribution < -0.4 is 5.32 Å². The van der Waals surface area contributed by atoms with Crippen molar-refractivity contribution in [1.82, 2.24) is 9.36 Å². The van der Waals surface area contributed by atoms with Crippen molar-refractivity contribution < 1.29 is 23.1 Å². The maximum Gasteiger partial charge on any atom is 0.452 e. The van der Waals surface area contributed by atoms with E-state index in [0.29, 0.717) is 30.9 Å². The number of nitrogens with one attached hydrogen (secondary N) is 1. The van der Waals surface area contributed by atoms with Crippen LogP contribution in [0.4, 0.5) is 18.3 Å². The van der Waals surface area contributed by atoms with Gasteiger partial charge in [0.15, 0.2) is 0 Å². The second-order valence-electron chi connectivity index (χ2n) is 3.73. The highest BCUT2D eigenvalue weighted by Crippen LogP contribution is 2.28. The third-order valence-electron chi connectivity index (χ3n) is 2.19. The molecule has 0 aliphatic rings. The number of anilines is 1. The fourth-order valence-corrected chi connectivity index (χ4v) is 1.75. The minimum atomic E-state index is -4.53. The van der Waals surface area contributed by atoms with Crippen molar-refractivity contribution in [3.8, 4) is 0 Å². The fraction of sp³-hybridized carbons (Fsp3) is 0.667. The molecule has 1 aromatic rings. The van der Waals surface area contributed by atoms with Crippen molar-refractivity contribution in [1.29, 1.82) is 0 Å². The predicted octanol–water partition coefficient (Wildman–Crippen LogP) is 2.47. The number of nitrogens with zero attached hydrogens (tertiary/aromatic N) is 2. The molecule has 1 atom stereocenters. The largest absolute Gasteiger partial charge is 0.481 e. The summed E-state index contributed by atoms with van der Waals surface area (Å²) in [6.07, 6.45) is -3.55. The molecule has 0 saturated heterocycles. The number of carboxylic acid groups (broad SMARTS) is 1. The smallest absolute Gasteiger partial charge is 0.452 e. The molecule has 0 fully saturated rings. The number of aromatic nitrogens is 2. The molecule has 0 amide bonds. The van der Waals surface area contributed by atoms with Crippen LogP contribution in [0.25, 0.3) is 0 Å². The molecule has 1 rings (SSSR count). The average molecular weight is 283 g/mol. The Balaban J connectivity index is 2.32. The first-order valence-electron chi connectivity index (χ1n) is 5.18. The minimum absolute atomic E-state index is 0.0882. The topological polar surface area (TPSA) is 75.1 Å². The van der Waals surface area contributed by atoms with Gasteiger partial charge in [0.2, 0.25) is 11.0 Å². The van der Waals surface area contributed by atoms with Gasteiger partial charge in [-0.05, 0) is 12.8 Å². The maximum atomic E-state index is 12.2.